The van der Waals surface area contributed by atoms with Crippen molar-refractivity contribution in [2.45, 2.75) is 9.79 Å². The van der Waals surface area contributed by atoms with Gasteiger partial charge in [0.25, 0.3) is 5.91 Å². The van der Waals surface area contributed by atoms with Gasteiger partial charge in [0.2, 0.25) is 0 Å². The van der Waals surface area contributed by atoms with Crippen LogP contribution in [0, 0.1) is 0 Å². The summed E-state index contributed by atoms with van der Waals surface area (Å²) in [5, 5.41) is 4.30. The molecule has 0 fully saturated rings. The van der Waals surface area contributed by atoms with Gasteiger partial charge in [-0.15, -0.1) is 11.8 Å². The SMILES string of the molecule is CSc1ccc(-n2nc(C(N)=O)cc2-c2ccc(S(C)(=O)=O)cc2)cc1. The van der Waals surface area contributed by atoms with Crippen LogP contribution >= 0.6 is 11.8 Å². The Bertz CT molecular complexity index is 1050. The van der Waals surface area contributed by atoms with E-state index in [4.69, 9.17) is 5.73 Å². The number of hydrogen-bond acceptors (Lipinski definition) is 5. The first-order valence-corrected chi connectivity index (χ1v) is 10.8. The highest BCUT2D eigenvalue weighted by atomic mass is 32.2. The van der Waals surface area contributed by atoms with Crippen LogP contribution in [0.1, 0.15) is 10.5 Å². The normalized spacial score (nSPS) is 11.5. The second-order valence-corrected chi connectivity index (χ2v) is 8.58. The summed E-state index contributed by atoms with van der Waals surface area (Å²) in [6.45, 7) is 0. The minimum atomic E-state index is -3.28. The zero-order valence-corrected chi connectivity index (χ0v) is 15.8. The van der Waals surface area contributed by atoms with E-state index in [2.05, 4.69) is 5.10 Å². The van der Waals surface area contributed by atoms with Crippen LogP contribution in [0.2, 0.25) is 0 Å². The van der Waals surface area contributed by atoms with E-state index in [9.17, 15) is 13.2 Å². The number of carbonyl (C=O) groups is 1. The molecular weight excluding hydrogens is 370 g/mol. The third kappa shape index (κ3) is 3.66. The number of sulfone groups is 1. The molecule has 26 heavy (non-hydrogen) atoms. The van der Waals surface area contributed by atoms with Crippen molar-refractivity contribution in [3.63, 3.8) is 0 Å². The molecule has 134 valence electrons. The molecule has 0 radical (unpaired) electrons. The maximum Gasteiger partial charge on any atom is 0.269 e. The Balaban J connectivity index is 2.12. The van der Waals surface area contributed by atoms with Crippen molar-refractivity contribution in [1.29, 1.82) is 0 Å². The average Bonchev–Trinajstić information content (AvgIpc) is 3.07. The first kappa shape index (κ1) is 18.2. The highest BCUT2D eigenvalue weighted by Crippen LogP contribution is 2.26. The van der Waals surface area contributed by atoms with Crippen LogP contribution in [0.15, 0.2) is 64.4 Å². The molecule has 1 heterocycles. The molecule has 3 rings (SSSR count). The molecule has 0 atom stereocenters. The standard InChI is InChI=1S/C18H17N3O3S2/c1-25-14-7-5-13(6-8-14)21-17(11-16(20-21)18(19)22)12-3-9-15(10-4-12)26(2,23)24/h3-11H,1-2H3,(H2,19,22). The zero-order chi connectivity index (χ0) is 18.9. The lowest BCUT2D eigenvalue weighted by Gasteiger charge is -2.09. The highest BCUT2D eigenvalue weighted by Gasteiger charge is 2.16. The second-order valence-electron chi connectivity index (χ2n) is 5.69. The van der Waals surface area contributed by atoms with Gasteiger partial charge >= 0.3 is 0 Å². The molecule has 1 aromatic heterocycles. The smallest absolute Gasteiger partial charge is 0.269 e. The van der Waals surface area contributed by atoms with Gasteiger partial charge in [-0.25, -0.2) is 13.1 Å². The molecule has 3 aromatic rings. The fourth-order valence-electron chi connectivity index (χ4n) is 2.50. The van der Waals surface area contributed by atoms with Crippen molar-refractivity contribution in [2.75, 3.05) is 12.5 Å². The van der Waals surface area contributed by atoms with Crippen LogP contribution in [0.4, 0.5) is 0 Å². The molecule has 1 amide bonds. The predicted molar refractivity (Wildman–Crippen MR) is 102 cm³/mol. The summed E-state index contributed by atoms with van der Waals surface area (Å²) >= 11 is 1.63. The number of thioether (sulfide) groups is 1. The van der Waals surface area contributed by atoms with Crippen LogP contribution in [0.3, 0.4) is 0 Å². The van der Waals surface area contributed by atoms with E-state index in [0.29, 0.717) is 5.69 Å². The number of rotatable bonds is 5. The van der Waals surface area contributed by atoms with E-state index in [1.807, 2.05) is 30.5 Å². The molecule has 0 spiro atoms. The van der Waals surface area contributed by atoms with Gasteiger partial charge < -0.3 is 5.73 Å². The number of primary amides is 1. The van der Waals surface area contributed by atoms with Crippen molar-refractivity contribution < 1.29 is 13.2 Å². The molecule has 8 heteroatoms. The van der Waals surface area contributed by atoms with Gasteiger partial charge in [-0.1, -0.05) is 12.1 Å². The summed E-state index contributed by atoms with van der Waals surface area (Å²) in [6, 6.07) is 15.8. The lowest BCUT2D eigenvalue weighted by atomic mass is 10.1. The van der Waals surface area contributed by atoms with Crippen molar-refractivity contribution in [1.82, 2.24) is 9.78 Å². The number of amides is 1. The predicted octanol–water partition coefficient (Wildman–Crippen LogP) is 2.76. The lowest BCUT2D eigenvalue weighted by Crippen LogP contribution is -2.12. The lowest BCUT2D eigenvalue weighted by molar-refractivity contribution is 0.0995. The molecular formula is C18H17N3O3S2. The van der Waals surface area contributed by atoms with E-state index >= 15 is 0 Å². The Morgan fingerprint density at radius 2 is 1.69 bits per heavy atom. The molecule has 6 nitrogen and oxygen atoms in total. The minimum Gasteiger partial charge on any atom is -0.364 e. The minimum absolute atomic E-state index is 0.140. The monoisotopic (exact) mass is 387 g/mol. The van der Waals surface area contributed by atoms with Crippen molar-refractivity contribution in [2.24, 2.45) is 5.73 Å². The van der Waals surface area contributed by atoms with Gasteiger partial charge in [0.05, 0.1) is 16.3 Å². The maximum absolute atomic E-state index is 11.6. The molecule has 0 aliphatic rings. The van der Waals surface area contributed by atoms with E-state index in [-0.39, 0.29) is 10.6 Å². The number of benzene rings is 2. The van der Waals surface area contributed by atoms with Crippen LogP contribution in [-0.2, 0) is 9.84 Å². The van der Waals surface area contributed by atoms with Gasteiger partial charge in [0.1, 0.15) is 0 Å². The topological polar surface area (TPSA) is 95.1 Å². The summed E-state index contributed by atoms with van der Waals surface area (Å²) in [7, 11) is -3.28. The summed E-state index contributed by atoms with van der Waals surface area (Å²) in [5.74, 6) is -0.626. The van der Waals surface area contributed by atoms with Gasteiger partial charge in [0.15, 0.2) is 15.5 Å². The number of hydrogen-bond donors (Lipinski definition) is 1. The van der Waals surface area contributed by atoms with Gasteiger partial charge in [-0.05, 0) is 48.7 Å². The van der Waals surface area contributed by atoms with E-state index in [1.54, 1.807) is 34.6 Å². The quantitative estimate of drug-likeness (QED) is 0.679. The van der Waals surface area contributed by atoms with Gasteiger partial charge in [0, 0.05) is 16.7 Å². The van der Waals surface area contributed by atoms with Crippen molar-refractivity contribution in [3.8, 4) is 16.9 Å². The van der Waals surface area contributed by atoms with E-state index in [0.717, 1.165) is 22.4 Å². The summed E-state index contributed by atoms with van der Waals surface area (Å²) in [6.07, 6.45) is 3.15. The third-order valence-electron chi connectivity index (χ3n) is 3.86. The van der Waals surface area contributed by atoms with Crippen molar-refractivity contribution >= 4 is 27.5 Å². The molecule has 2 aromatic carbocycles. The molecule has 0 aliphatic heterocycles. The molecule has 0 saturated heterocycles. The number of carbonyl (C=O) groups excluding carboxylic acids is 1. The maximum atomic E-state index is 11.6. The Morgan fingerprint density at radius 1 is 1.08 bits per heavy atom. The number of aromatic nitrogens is 2. The largest absolute Gasteiger partial charge is 0.364 e. The Hall–Kier alpha value is -2.58. The van der Waals surface area contributed by atoms with E-state index < -0.39 is 15.7 Å². The summed E-state index contributed by atoms with van der Waals surface area (Å²) < 4.78 is 24.9. The van der Waals surface area contributed by atoms with Crippen LogP contribution in [0.25, 0.3) is 16.9 Å². The molecule has 2 N–H and O–H groups in total. The zero-order valence-electron chi connectivity index (χ0n) is 14.2. The fourth-order valence-corrected chi connectivity index (χ4v) is 3.54. The first-order valence-electron chi connectivity index (χ1n) is 7.64. The molecule has 0 saturated carbocycles. The Morgan fingerprint density at radius 3 is 2.19 bits per heavy atom. The first-order chi connectivity index (χ1) is 12.3. The number of nitrogens with zero attached hydrogens (tertiary/aromatic N) is 2. The number of nitrogens with two attached hydrogens (primary N) is 1. The molecule has 0 aliphatic carbocycles. The van der Waals surface area contributed by atoms with E-state index in [1.165, 1.54) is 12.1 Å². The summed E-state index contributed by atoms with van der Waals surface area (Å²) in [4.78, 5) is 12.9. The Labute approximate surface area is 155 Å². The Kier molecular flexibility index (Phi) is 4.88. The highest BCUT2D eigenvalue weighted by molar-refractivity contribution is 7.98. The van der Waals surface area contributed by atoms with Crippen LogP contribution in [-0.4, -0.2) is 36.6 Å². The second kappa shape index (κ2) is 6.97. The van der Waals surface area contributed by atoms with Crippen LogP contribution < -0.4 is 5.73 Å². The fraction of sp³-hybridized carbons (Fsp3) is 0.111. The molecule has 0 bridgehead atoms. The third-order valence-corrected chi connectivity index (χ3v) is 5.73. The summed E-state index contributed by atoms with van der Waals surface area (Å²) in [5.41, 5.74) is 7.67. The van der Waals surface area contributed by atoms with Gasteiger partial charge in [-0.3, -0.25) is 4.79 Å². The molecule has 0 unspecified atom stereocenters. The van der Waals surface area contributed by atoms with Crippen LogP contribution in [0.5, 0.6) is 0 Å². The van der Waals surface area contributed by atoms with Crippen molar-refractivity contribution in [3.05, 3.63) is 60.3 Å². The van der Waals surface area contributed by atoms with Gasteiger partial charge in [-0.2, -0.15) is 5.10 Å². The average molecular weight is 387 g/mol.